The van der Waals surface area contributed by atoms with Crippen molar-refractivity contribution >= 4 is 16.8 Å². The van der Waals surface area contributed by atoms with Crippen LogP contribution in [0.15, 0.2) is 54.6 Å². The van der Waals surface area contributed by atoms with Crippen LogP contribution < -0.4 is 10.1 Å². The van der Waals surface area contributed by atoms with Gasteiger partial charge in [0.1, 0.15) is 11.4 Å². The highest BCUT2D eigenvalue weighted by molar-refractivity contribution is 5.99. The van der Waals surface area contributed by atoms with Crippen molar-refractivity contribution in [3.05, 3.63) is 65.9 Å². The number of rotatable bonds is 5. The molecule has 23 heavy (non-hydrogen) atoms. The molecule has 0 atom stereocenters. The maximum absolute atomic E-state index is 12.4. The molecule has 4 heteroatoms. The maximum Gasteiger partial charge on any atom is 0.267 e. The van der Waals surface area contributed by atoms with Gasteiger partial charge < -0.3 is 14.6 Å². The largest absolute Gasteiger partial charge is 0.497 e. The fourth-order valence-electron chi connectivity index (χ4n) is 2.73. The van der Waals surface area contributed by atoms with Gasteiger partial charge in [-0.3, -0.25) is 4.79 Å². The zero-order valence-electron chi connectivity index (χ0n) is 13.4. The van der Waals surface area contributed by atoms with E-state index < -0.39 is 0 Å². The molecule has 0 fully saturated rings. The Morgan fingerprint density at radius 3 is 2.65 bits per heavy atom. The van der Waals surface area contributed by atoms with Crippen LogP contribution in [-0.4, -0.2) is 24.1 Å². The van der Waals surface area contributed by atoms with Gasteiger partial charge in [0.25, 0.3) is 5.91 Å². The molecular weight excluding hydrogens is 288 g/mol. The zero-order valence-corrected chi connectivity index (χ0v) is 13.4. The van der Waals surface area contributed by atoms with Crippen molar-refractivity contribution in [3.8, 4) is 5.75 Å². The molecule has 3 aromatic rings. The lowest BCUT2D eigenvalue weighted by molar-refractivity contribution is 0.0946. The van der Waals surface area contributed by atoms with Gasteiger partial charge in [0, 0.05) is 24.5 Å². The van der Waals surface area contributed by atoms with E-state index in [1.54, 1.807) is 7.11 Å². The molecule has 2 aromatic carbocycles. The van der Waals surface area contributed by atoms with Crippen LogP contribution in [0.4, 0.5) is 0 Å². The van der Waals surface area contributed by atoms with Crippen molar-refractivity contribution in [1.82, 2.24) is 9.88 Å². The van der Waals surface area contributed by atoms with Gasteiger partial charge in [0.05, 0.1) is 7.11 Å². The summed E-state index contributed by atoms with van der Waals surface area (Å²) in [6, 6.07) is 17.8. The Hall–Kier alpha value is -2.75. The summed E-state index contributed by atoms with van der Waals surface area (Å²) in [5, 5.41) is 3.99. The van der Waals surface area contributed by atoms with Crippen LogP contribution in [0.3, 0.4) is 0 Å². The number of aromatic nitrogens is 1. The first-order valence-corrected chi connectivity index (χ1v) is 7.64. The Bertz CT molecular complexity index is 822. The zero-order chi connectivity index (χ0) is 16.2. The molecule has 0 saturated heterocycles. The fourth-order valence-corrected chi connectivity index (χ4v) is 2.73. The highest BCUT2D eigenvalue weighted by Gasteiger charge is 2.13. The predicted octanol–water partition coefficient (Wildman–Crippen LogP) is 3.16. The predicted molar refractivity (Wildman–Crippen MR) is 92.0 cm³/mol. The number of carbonyl (C=O) groups excluding carboxylic acids is 1. The number of nitrogens with zero attached hydrogens (tertiary/aromatic N) is 1. The molecule has 0 radical (unpaired) electrons. The van der Waals surface area contributed by atoms with E-state index in [1.165, 1.54) is 5.56 Å². The summed E-state index contributed by atoms with van der Waals surface area (Å²) in [7, 11) is 3.54. The summed E-state index contributed by atoms with van der Waals surface area (Å²) in [6.07, 6.45) is 0.824. The van der Waals surface area contributed by atoms with Crippen molar-refractivity contribution in [3.63, 3.8) is 0 Å². The van der Waals surface area contributed by atoms with E-state index in [1.807, 2.05) is 54.1 Å². The lowest BCUT2D eigenvalue weighted by atomic mass is 10.1. The number of fused-ring (bicyclic) bond motifs is 1. The van der Waals surface area contributed by atoms with Crippen LogP contribution in [0, 0.1) is 0 Å². The quantitative estimate of drug-likeness (QED) is 0.787. The van der Waals surface area contributed by atoms with E-state index in [9.17, 15) is 4.79 Å². The van der Waals surface area contributed by atoms with Gasteiger partial charge in [-0.1, -0.05) is 30.3 Å². The Morgan fingerprint density at radius 1 is 1.13 bits per heavy atom. The van der Waals surface area contributed by atoms with Gasteiger partial charge in [0.15, 0.2) is 0 Å². The summed E-state index contributed by atoms with van der Waals surface area (Å²) < 4.78 is 7.15. The van der Waals surface area contributed by atoms with E-state index in [4.69, 9.17) is 4.74 Å². The minimum atomic E-state index is -0.0569. The normalized spacial score (nSPS) is 10.7. The van der Waals surface area contributed by atoms with Gasteiger partial charge in [-0.2, -0.15) is 0 Å². The number of hydrogen-bond acceptors (Lipinski definition) is 2. The van der Waals surface area contributed by atoms with Gasteiger partial charge in [-0.15, -0.1) is 0 Å². The number of benzene rings is 2. The molecule has 0 unspecified atom stereocenters. The van der Waals surface area contributed by atoms with E-state index in [0.717, 1.165) is 23.1 Å². The van der Waals surface area contributed by atoms with Crippen LogP contribution in [0.5, 0.6) is 5.75 Å². The van der Waals surface area contributed by atoms with Crippen LogP contribution in [0.2, 0.25) is 0 Å². The number of nitrogens with one attached hydrogen (secondary N) is 1. The molecule has 118 valence electrons. The molecule has 1 heterocycles. The first-order valence-electron chi connectivity index (χ1n) is 7.64. The SMILES string of the molecule is COc1ccc2c(c1)cc(C(=O)NCCc1ccccc1)n2C. The van der Waals surface area contributed by atoms with Crippen LogP contribution in [-0.2, 0) is 13.5 Å². The molecule has 1 amide bonds. The summed E-state index contributed by atoms with van der Waals surface area (Å²) in [6.45, 7) is 0.619. The maximum atomic E-state index is 12.4. The summed E-state index contributed by atoms with van der Waals surface area (Å²) >= 11 is 0. The van der Waals surface area contributed by atoms with Crippen molar-refractivity contribution in [1.29, 1.82) is 0 Å². The van der Waals surface area contributed by atoms with Crippen molar-refractivity contribution in [2.45, 2.75) is 6.42 Å². The molecule has 4 nitrogen and oxygen atoms in total. The van der Waals surface area contributed by atoms with Crippen molar-refractivity contribution in [2.24, 2.45) is 7.05 Å². The molecular formula is C19H20N2O2. The smallest absolute Gasteiger partial charge is 0.267 e. The third-order valence-electron chi connectivity index (χ3n) is 4.02. The summed E-state index contributed by atoms with van der Waals surface area (Å²) in [5.41, 5.74) is 2.88. The number of carbonyl (C=O) groups is 1. The second-order valence-electron chi connectivity index (χ2n) is 5.50. The topological polar surface area (TPSA) is 43.3 Å². The highest BCUT2D eigenvalue weighted by atomic mass is 16.5. The standard InChI is InChI=1S/C19H20N2O2/c1-21-17-9-8-16(23-2)12-15(17)13-18(21)19(22)20-11-10-14-6-4-3-5-7-14/h3-9,12-13H,10-11H2,1-2H3,(H,20,22). The second-order valence-corrected chi connectivity index (χ2v) is 5.50. The minimum absolute atomic E-state index is 0.0569. The molecule has 0 saturated carbocycles. The number of methoxy groups -OCH3 is 1. The molecule has 0 aliphatic carbocycles. The van der Waals surface area contributed by atoms with E-state index in [2.05, 4.69) is 17.4 Å². The molecule has 3 rings (SSSR count). The Kier molecular flexibility index (Phi) is 4.33. The van der Waals surface area contributed by atoms with E-state index >= 15 is 0 Å². The van der Waals surface area contributed by atoms with E-state index in [-0.39, 0.29) is 5.91 Å². The molecule has 1 N–H and O–H groups in total. The molecule has 0 spiro atoms. The van der Waals surface area contributed by atoms with Crippen LogP contribution in [0.25, 0.3) is 10.9 Å². The fraction of sp³-hybridized carbons (Fsp3) is 0.211. The Labute approximate surface area is 135 Å². The Morgan fingerprint density at radius 2 is 1.91 bits per heavy atom. The lowest BCUT2D eigenvalue weighted by Crippen LogP contribution is -2.27. The molecule has 0 bridgehead atoms. The number of amides is 1. The molecule has 1 aromatic heterocycles. The van der Waals surface area contributed by atoms with Crippen molar-refractivity contribution in [2.75, 3.05) is 13.7 Å². The lowest BCUT2D eigenvalue weighted by Gasteiger charge is -2.07. The molecule has 0 aliphatic heterocycles. The average Bonchev–Trinajstić information content (AvgIpc) is 2.92. The van der Waals surface area contributed by atoms with E-state index in [0.29, 0.717) is 12.2 Å². The second kappa shape index (κ2) is 6.57. The van der Waals surface area contributed by atoms with Gasteiger partial charge in [-0.25, -0.2) is 0 Å². The highest BCUT2D eigenvalue weighted by Crippen LogP contribution is 2.23. The third kappa shape index (κ3) is 3.21. The summed E-state index contributed by atoms with van der Waals surface area (Å²) in [5.74, 6) is 0.734. The van der Waals surface area contributed by atoms with Gasteiger partial charge >= 0.3 is 0 Å². The first kappa shape index (κ1) is 15.2. The molecule has 0 aliphatic rings. The minimum Gasteiger partial charge on any atom is -0.497 e. The van der Waals surface area contributed by atoms with Crippen LogP contribution >= 0.6 is 0 Å². The van der Waals surface area contributed by atoms with Gasteiger partial charge in [0.2, 0.25) is 0 Å². The number of ether oxygens (including phenoxy) is 1. The average molecular weight is 308 g/mol. The third-order valence-corrected chi connectivity index (χ3v) is 4.02. The Balaban J connectivity index is 1.72. The van der Waals surface area contributed by atoms with Crippen molar-refractivity contribution < 1.29 is 9.53 Å². The monoisotopic (exact) mass is 308 g/mol. The number of hydrogen-bond donors (Lipinski definition) is 1. The number of aryl methyl sites for hydroxylation is 1. The van der Waals surface area contributed by atoms with Crippen LogP contribution in [0.1, 0.15) is 16.1 Å². The van der Waals surface area contributed by atoms with Gasteiger partial charge in [-0.05, 0) is 36.2 Å². The summed E-state index contributed by atoms with van der Waals surface area (Å²) in [4.78, 5) is 12.4. The first-order chi connectivity index (χ1) is 11.2.